The van der Waals surface area contributed by atoms with Crippen LogP contribution in [0.4, 0.5) is 8.78 Å². The number of hydrogen-bond donors (Lipinski definition) is 1. The van der Waals surface area contributed by atoms with E-state index in [1.54, 1.807) is 0 Å². The minimum atomic E-state index is -1.15. The zero-order valence-corrected chi connectivity index (χ0v) is 17.4. The van der Waals surface area contributed by atoms with Crippen molar-refractivity contribution in [1.29, 1.82) is 0 Å². The van der Waals surface area contributed by atoms with Crippen LogP contribution in [0, 0.1) is 17.6 Å². The maximum atomic E-state index is 15.4. The molecule has 3 aliphatic rings. The van der Waals surface area contributed by atoms with Crippen LogP contribution < -0.4 is 0 Å². The number of carboxylic acid groups (broad SMARTS) is 1. The number of nitrogens with zero attached hydrogens (tertiary/aromatic N) is 1. The molecule has 31 heavy (non-hydrogen) atoms. The lowest BCUT2D eigenvalue weighted by molar-refractivity contribution is -0.131. The number of rotatable bonds is 5. The monoisotopic (exact) mass is 421 g/mol. The van der Waals surface area contributed by atoms with Crippen LogP contribution >= 0.6 is 0 Å². The second-order valence-electron chi connectivity index (χ2n) is 9.00. The molecule has 2 aliphatic carbocycles. The standard InChI is InChI=1S/C26H25F2NO2/c1-15-10-20-19-5-3-2-4-18(19)13-21(20)26(29(15)14-16-6-7-16)25-22(27)11-17(12-23(25)28)8-9-24(30)31/h2-5,8-9,11-12,15-16,26H,6-7,10,13-14H2,1H3,(H,30,31)/b9-8+/t15-,26+/m1/s1. The molecule has 0 bridgehead atoms. The van der Waals surface area contributed by atoms with Gasteiger partial charge in [-0.15, -0.1) is 0 Å². The Labute approximate surface area is 180 Å². The van der Waals surface area contributed by atoms with Crippen LogP contribution in [0.15, 0.2) is 48.0 Å². The third-order valence-corrected chi connectivity index (χ3v) is 6.80. The Bertz CT molecular complexity index is 1090. The zero-order chi connectivity index (χ0) is 21.7. The number of benzene rings is 2. The third-order valence-electron chi connectivity index (χ3n) is 6.80. The molecular weight excluding hydrogens is 396 g/mol. The molecule has 2 aromatic rings. The molecule has 1 heterocycles. The Hall–Kier alpha value is -2.79. The lowest BCUT2D eigenvalue weighted by atomic mass is 9.84. The van der Waals surface area contributed by atoms with E-state index >= 15 is 8.78 Å². The van der Waals surface area contributed by atoms with Gasteiger partial charge in [0.1, 0.15) is 11.6 Å². The molecule has 1 fully saturated rings. The average molecular weight is 421 g/mol. The van der Waals surface area contributed by atoms with Crippen molar-refractivity contribution in [3.63, 3.8) is 0 Å². The Morgan fingerprint density at radius 3 is 2.58 bits per heavy atom. The first-order valence-electron chi connectivity index (χ1n) is 10.9. The van der Waals surface area contributed by atoms with Gasteiger partial charge in [0.15, 0.2) is 0 Å². The molecule has 1 saturated carbocycles. The van der Waals surface area contributed by atoms with E-state index in [4.69, 9.17) is 5.11 Å². The summed E-state index contributed by atoms with van der Waals surface area (Å²) in [5.74, 6) is -1.79. The van der Waals surface area contributed by atoms with E-state index in [2.05, 4.69) is 24.0 Å². The van der Waals surface area contributed by atoms with Gasteiger partial charge in [0.25, 0.3) is 0 Å². The molecule has 0 aromatic heterocycles. The van der Waals surface area contributed by atoms with Crippen molar-refractivity contribution >= 4 is 17.6 Å². The van der Waals surface area contributed by atoms with E-state index in [1.807, 2.05) is 12.1 Å². The quantitative estimate of drug-likeness (QED) is 0.637. The number of carboxylic acids is 1. The molecule has 0 radical (unpaired) electrons. The van der Waals surface area contributed by atoms with E-state index in [1.165, 1.54) is 47.8 Å². The first-order valence-corrected chi connectivity index (χ1v) is 10.9. The fourth-order valence-electron chi connectivity index (χ4n) is 5.18. The Balaban J connectivity index is 1.62. The van der Waals surface area contributed by atoms with E-state index in [9.17, 15) is 4.79 Å². The van der Waals surface area contributed by atoms with Gasteiger partial charge in [-0.05, 0) is 84.6 Å². The highest BCUT2D eigenvalue weighted by molar-refractivity contribution is 5.85. The van der Waals surface area contributed by atoms with Crippen molar-refractivity contribution < 1.29 is 18.7 Å². The fraction of sp³-hybridized carbons (Fsp3) is 0.346. The zero-order valence-electron chi connectivity index (χ0n) is 17.4. The van der Waals surface area contributed by atoms with Crippen molar-refractivity contribution in [1.82, 2.24) is 4.90 Å². The predicted octanol–water partition coefficient (Wildman–Crippen LogP) is 5.62. The summed E-state index contributed by atoms with van der Waals surface area (Å²) in [7, 11) is 0. The highest BCUT2D eigenvalue weighted by Gasteiger charge is 2.42. The molecule has 2 atom stereocenters. The minimum absolute atomic E-state index is 0.0833. The molecule has 5 heteroatoms. The van der Waals surface area contributed by atoms with Crippen molar-refractivity contribution in [2.45, 2.75) is 44.7 Å². The molecule has 0 saturated heterocycles. The summed E-state index contributed by atoms with van der Waals surface area (Å²) in [5, 5.41) is 8.83. The summed E-state index contributed by atoms with van der Waals surface area (Å²) >= 11 is 0. The molecule has 1 N–H and O–H groups in total. The number of hydrogen-bond acceptors (Lipinski definition) is 2. The van der Waals surface area contributed by atoms with Gasteiger partial charge in [0, 0.05) is 24.2 Å². The highest BCUT2D eigenvalue weighted by atomic mass is 19.1. The topological polar surface area (TPSA) is 40.5 Å². The van der Waals surface area contributed by atoms with Gasteiger partial charge >= 0.3 is 5.97 Å². The van der Waals surface area contributed by atoms with Crippen LogP contribution in [0.3, 0.4) is 0 Å². The summed E-state index contributed by atoms with van der Waals surface area (Å²) < 4.78 is 30.8. The largest absolute Gasteiger partial charge is 0.478 e. The second kappa shape index (κ2) is 7.72. The van der Waals surface area contributed by atoms with Crippen LogP contribution in [0.5, 0.6) is 0 Å². The number of fused-ring (bicyclic) bond motifs is 2. The number of carbonyl (C=O) groups is 1. The van der Waals surface area contributed by atoms with E-state index in [0.29, 0.717) is 12.3 Å². The SMILES string of the molecule is C[C@@H]1CC2=C(Cc3ccccc32)[C@@H](c2c(F)cc(/C=C/C(=O)O)cc2F)N1CC1CC1. The van der Waals surface area contributed by atoms with Gasteiger partial charge in [-0.3, -0.25) is 4.90 Å². The van der Waals surface area contributed by atoms with E-state index in [-0.39, 0.29) is 17.2 Å². The average Bonchev–Trinajstić information content (AvgIpc) is 3.47. The van der Waals surface area contributed by atoms with Crippen molar-refractivity contribution in [3.05, 3.63) is 81.9 Å². The molecule has 5 rings (SSSR count). The first kappa shape index (κ1) is 20.1. The van der Waals surface area contributed by atoms with E-state index < -0.39 is 23.6 Å². The summed E-state index contributed by atoms with van der Waals surface area (Å²) in [5.41, 5.74) is 5.06. The number of aliphatic carboxylic acids is 1. The maximum Gasteiger partial charge on any atom is 0.328 e. The molecule has 160 valence electrons. The molecule has 0 unspecified atom stereocenters. The van der Waals surface area contributed by atoms with Crippen LogP contribution in [-0.2, 0) is 11.2 Å². The van der Waals surface area contributed by atoms with Crippen molar-refractivity contribution in [2.24, 2.45) is 5.92 Å². The van der Waals surface area contributed by atoms with Gasteiger partial charge in [0.2, 0.25) is 0 Å². The second-order valence-corrected chi connectivity index (χ2v) is 9.00. The lowest BCUT2D eigenvalue weighted by Gasteiger charge is -2.42. The molecule has 0 spiro atoms. The molecule has 1 aliphatic heterocycles. The van der Waals surface area contributed by atoms with Gasteiger partial charge in [0.05, 0.1) is 6.04 Å². The van der Waals surface area contributed by atoms with Crippen LogP contribution in [0.25, 0.3) is 11.6 Å². The smallest absolute Gasteiger partial charge is 0.328 e. The summed E-state index contributed by atoms with van der Waals surface area (Å²) in [6.45, 7) is 3.00. The summed E-state index contributed by atoms with van der Waals surface area (Å²) in [4.78, 5) is 13.1. The predicted molar refractivity (Wildman–Crippen MR) is 116 cm³/mol. The first-order chi connectivity index (χ1) is 14.9. The normalized spacial score (nSPS) is 23.3. The summed E-state index contributed by atoms with van der Waals surface area (Å²) in [6.07, 6.45) is 6.06. The van der Waals surface area contributed by atoms with E-state index in [0.717, 1.165) is 24.6 Å². The Morgan fingerprint density at radius 1 is 1.19 bits per heavy atom. The lowest BCUT2D eigenvalue weighted by Crippen LogP contribution is -2.42. The Kier molecular flexibility index (Phi) is 5.01. The number of halogens is 2. The van der Waals surface area contributed by atoms with Crippen LogP contribution in [0.1, 0.15) is 54.5 Å². The van der Waals surface area contributed by atoms with Gasteiger partial charge in [-0.25, -0.2) is 13.6 Å². The molecule has 0 amide bonds. The maximum absolute atomic E-state index is 15.4. The van der Waals surface area contributed by atoms with Gasteiger partial charge < -0.3 is 5.11 Å². The molecule has 3 nitrogen and oxygen atoms in total. The van der Waals surface area contributed by atoms with Crippen LogP contribution in [0.2, 0.25) is 0 Å². The molecule has 2 aromatic carbocycles. The van der Waals surface area contributed by atoms with Crippen molar-refractivity contribution in [2.75, 3.05) is 6.54 Å². The van der Waals surface area contributed by atoms with Gasteiger partial charge in [-0.1, -0.05) is 24.3 Å². The van der Waals surface area contributed by atoms with Crippen LogP contribution in [-0.4, -0.2) is 28.6 Å². The summed E-state index contributed by atoms with van der Waals surface area (Å²) in [6, 6.07) is 10.5. The minimum Gasteiger partial charge on any atom is -0.478 e. The highest BCUT2D eigenvalue weighted by Crippen LogP contribution is 2.50. The molecular formula is C26H25F2NO2. The fourth-order valence-corrected chi connectivity index (χ4v) is 5.18. The Morgan fingerprint density at radius 2 is 1.90 bits per heavy atom. The third kappa shape index (κ3) is 3.72. The van der Waals surface area contributed by atoms with Gasteiger partial charge in [-0.2, -0.15) is 0 Å². The van der Waals surface area contributed by atoms with Crippen molar-refractivity contribution in [3.8, 4) is 0 Å².